The maximum Gasteiger partial charge on any atom is 0.233 e. The highest BCUT2D eigenvalue weighted by molar-refractivity contribution is 7.99. The quantitative estimate of drug-likeness (QED) is 0.581. The number of nitrogens with zero attached hydrogens (tertiary/aromatic N) is 4. The van der Waals surface area contributed by atoms with Gasteiger partial charge in [-0.2, -0.15) is 0 Å². The molecule has 2 unspecified atom stereocenters. The largest absolute Gasteiger partial charge is 0.467 e. The van der Waals surface area contributed by atoms with Crippen LogP contribution in [0.5, 0.6) is 0 Å². The molecule has 1 amide bonds. The molecular weight excluding hydrogens is 376 g/mol. The van der Waals surface area contributed by atoms with Gasteiger partial charge >= 0.3 is 0 Å². The van der Waals surface area contributed by atoms with Crippen molar-refractivity contribution in [3.63, 3.8) is 0 Å². The maximum absolute atomic E-state index is 12.9. The lowest BCUT2D eigenvalue weighted by Crippen LogP contribution is -2.48. The van der Waals surface area contributed by atoms with E-state index >= 15 is 0 Å². The normalized spacial score (nSPS) is 19.9. The second-order valence-electron chi connectivity index (χ2n) is 7.17. The first kappa shape index (κ1) is 18.9. The minimum atomic E-state index is 0.150. The predicted molar refractivity (Wildman–Crippen MR) is 106 cm³/mol. The van der Waals surface area contributed by atoms with E-state index in [4.69, 9.17) is 8.83 Å². The molecule has 0 spiro atoms. The van der Waals surface area contributed by atoms with E-state index < -0.39 is 0 Å². The first-order valence-corrected chi connectivity index (χ1v) is 10.6. The smallest absolute Gasteiger partial charge is 0.233 e. The molecular formula is C20H24N4O3S. The van der Waals surface area contributed by atoms with Crippen molar-refractivity contribution in [2.75, 3.05) is 5.75 Å². The highest BCUT2D eigenvalue weighted by Crippen LogP contribution is 2.28. The molecule has 0 aliphatic carbocycles. The maximum atomic E-state index is 12.9. The zero-order valence-corrected chi connectivity index (χ0v) is 16.9. The van der Waals surface area contributed by atoms with Gasteiger partial charge in [0.25, 0.3) is 0 Å². The first-order chi connectivity index (χ1) is 13.6. The minimum absolute atomic E-state index is 0.150. The zero-order chi connectivity index (χ0) is 19.5. The van der Waals surface area contributed by atoms with E-state index in [1.165, 1.54) is 18.2 Å². The third-order valence-corrected chi connectivity index (χ3v) is 6.11. The molecule has 4 heterocycles. The van der Waals surface area contributed by atoms with Gasteiger partial charge in [-0.25, -0.2) is 0 Å². The fourth-order valence-electron chi connectivity index (χ4n) is 3.80. The van der Waals surface area contributed by atoms with Crippen LogP contribution in [0.2, 0.25) is 0 Å². The van der Waals surface area contributed by atoms with Crippen molar-refractivity contribution < 1.29 is 13.6 Å². The summed E-state index contributed by atoms with van der Waals surface area (Å²) in [5.74, 6) is 2.53. The van der Waals surface area contributed by atoms with Crippen LogP contribution in [-0.4, -0.2) is 43.4 Å². The zero-order valence-electron chi connectivity index (χ0n) is 16.1. The van der Waals surface area contributed by atoms with Gasteiger partial charge in [0.1, 0.15) is 5.76 Å². The lowest BCUT2D eigenvalue weighted by molar-refractivity contribution is -0.134. The van der Waals surface area contributed by atoms with Gasteiger partial charge in [-0.05, 0) is 57.4 Å². The van der Waals surface area contributed by atoms with Gasteiger partial charge in [0.2, 0.25) is 11.7 Å². The Morgan fingerprint density at radius 3 is 2.57 bits per heavy atom. The molecule has 148 valence electrons. The summed E-state index contributed by atoms with van der Waals surface area (Å²) in [7, 11) is 0. The van der Waals surface area contributed by atoms with Gasteiger partial charge in [-0.1, -0.05) is 11.8 Å². The number of furan rings is 2. The SMILES string of the molecule is CC1CCCC(C)N1C(=O)CSc1nnc(-c2ccco2)n1Cc1ccco1. The third kappa shape index (κ3) is 3.87. The molecule has 8 heteroatoms. The number of hydrogen-bond acceptors (Lipinski definition) is 6. The van der Waals surface area contributed by atoms with Crippen LogP contribution in [0, 0.1) is 0 Å². The monoisotopic (exact) mass is 400 g/mol. The van der Waals surface area contributed by atoms with Gasteiger partial charge in [-0.15, -0.1) is 10.2 Å². The van der Waals surface area contributed by atoms with Gasteiger partial charge in [0.15, 0.2) is 10.9 Å². The van der Waals surface area contributed by atoms with Crippen LogP contribution in [0.15, 0.2) is 50.8 Å². The molecule has 7 nitrogen and oxygen atoms in total. The second-order valence-corrected chi connectivity index (χ2v) is 8.11. The number of rotatable bonds is 6. The highest BCUT2D eigenvalue weighted by Gasteiger charge is 2.29. The van der Waals surface area contributed by atoms with Crippen LogP contribution < -0.4 is 0 Å². The Morgan fingerprint density at radius 1 is 1.14 bits per heavy atom. The molecule has 0 saturated carbocycles. The molecule has 1 aliphatic rings. The van der Waals surface area contributed by atoms with Crippen molar-refractivity contribution in [2.24, 2.45) is 0 Å². The summed E-state index contributed by atoms with van der Waals surface area (Å²) in [6.07, 6.45) is 6.57. The molecule has 0 aromatic carbocycles. The van der Waals surface area contributed by atoms with Crippen molar-refractivity contribution in [2.45, 2.75) is 56.9 Å². The number of amides is 1. The lowest BCUT2D eigenvalue weighted by atomic mass is 9.98. The fraction of sp³-hybridized carbons (Fsp3) is 0.450. The Bertz CT molecular complexity index is 894. The van der Waals surface area contributed by atoms with Crippen LogP contribution >= 0.6 is 11.8 Å². The van der Waals surface area contributed by atoms with Crippen LogP contribution in [0.4, 0.5) is 0 Å². The topological polar surface area (TPSA) is 77.3 Å². The van der Waals surface area contributed by atoms with E-state index in [0.29, 0.717) is 29.0 Å². The number of carbonyl (C=O) groups is 1. The molecule has 2 atom stereocenters. The van der Waals surface area contributed by atoms with Gasteiger partial charge < -0.3 is 13.7 Å². The van der Waals surface area contributed by atoms with Gasteiger partial charge in [-0.3, -0.25) is 9.36 Å². The Balaban J connectivity index is 1.53. The molecule has 0 N–H and O–H groups in total. The van der Waals surface area contributed by atoms with E-state index in [9.17, 15) is 4.79 Å². The van der Waals surface area contributed by atoms with Crippen LogP contribution in [0.25, 0.3) is 11.6 Å². The van der Waals surface area contributed by atoms with Crippen molar-refractivity contribution in [1.82, 2.24) is 19.7 Å². The predicted octanol–water partition coefficient (Wildman–Crippen LogP) is 4.06. The number of thioether (sulfide) groups is 1. The van der Waals surface area contributed by atoms with Crippen LogP contribution in [-0.2, 0) is 11.3 Å². The Morgan fingerprint density at radius 2 is 1.89 bits per heavy atom. The fourth-order valence-corrected chi connectivity index (χ4v) is 4.61. The standard InChI is InChI=1S/C20H24N4O3S/c1-14-6-3-7-15(2)24(14)18(25)13-28-20-22-21-19(17-9-5-11-27-17)23(20)12-16-8-4-10-26-16/h4-5,8-11,14-15H,3,6-7,12-13H2,1-2H3. The number of likely N-dealkylation sites (tertiary alicyclic amines) is 1. The molecule has 3 aromatic heterocycles. The molecule has 3 aromatic rings. The molecule has 4 rings (SSSR count). The van der Waals surface area contributed by atoms with E-state index in [-0.39, 0.29) is 18.0 Å². The van der Waals surface area contributed by atoms with Gasteiger partial charge in [0.05, 0.1) is 24.8 Å². The summed E-state index contributed by atoms with van der Waals surface area (Å²) in [5, 5.41) is 9.28. The van der Waals surface area contributed by atoms with E-state index in [1.54, 1.807) is 12.5 Å². The summed E-state index contributed by atoms with van der Waals surface area (Å²) < 4.78 is 12.9. The Hall–Kier alpha value is -2.48. The second kappa shape index (κ2) is 8.26. The number of carbonyl (C=O) groups excluding carboxylic acids is 1. The van der Waals surface area contributed by atoms with Gasteiger partial charge in [0, 0.05) is 12.1 Å². The Kier molecular flexibility index (Phi) is 5.57. The molecule has 0 bridgehead atoms. The Labute approximate surface area is 168 Å². The van der Waals surface area contributed by atoms with Crippen LogP contribution in [0.1, 0.15) is 38.9 Å². The summed E-state index contributed by atoms with van der Waals surface area (Å²) >= 11 is 1.41. The summed E-state index contributed by atoms with van der Waals surface area (Å²) in [6.45, 7) is 4.74. The summed E-state index contributed by atoms with van der Waals surface area (Å²) in [5.41, 5.74) is 0. The summed E-state index contributed by atoms with van der Waals surface area (Å²) in [6, 6.07) is 7.99. The molecule has 0 radical (unpaired) electrons. The van der Waals surface area contributed by atoms with Crippen molar-refractivity contribution in [1.29, 1.82) is 0 Å². The van der Waals surface area contributed by atoms with Crippen LogP contribution in [0.3, 0.4) is 0 Å². The van der Waals surface area contributed by atoms with E-state index in [2.05, 4.69) is 24.0 Å². The van der Waals surface area contributed by atoms with Crippen molar-refractivity contribution in [3.05, 3.63) is 42.6 Å². The van der Waals surface area contributed by atoms with E-state index in [1.807, 2.05) is 33.7 Å². The van der Waals surface area contributed by atoms with E-state index in [0.717, 1.165) is 18.6 Å². The highest BCUT2D eigenvalue weighted by atomic mass is 32.2. The molecule has 1 fully saturated rings. The summed E-state index contributed by atoms with van der Waals surface area (Å²) in [4.78, 5) is 14.9. The minimum Gasteiger partial charge on any atom is -0.467 e. The first-order valence-electron chi connectivity index (χ1n) is 9.57. The lowest BCUT2D eigenvalue weighted by Gasteiger charge is -2.39. The van der Waals surface area contributed by atoms with Crippen molar-refractivity contribution in [3.8, 4) is 11.6 Å². The van der Waals surface area contributed by atoms with Crippen molar-refractivity contribution >= 4 is 17.7 Å². The molecule has 1 saturated heterocycles. The number of aromatic nitrogens is 3. The molecule has 28 heavy (non-hydrogen) atoms. The third-order valence-electron chi connectivity index (χ3n) is 5.16. The number of hydrogen-bond donors (Lipinski definition) is 0. The average molecular weight is 401 g/mol. The molecule has 1 aliphatic heterocycles. The number of piperidine rings is 1. The average Bonchev–Trinajstić information content (AvgIpc) is 3.43.